The van der Waals surface area contributed by atoms with E-state index in [-0.39, 0.29) is 0 Å². The lowest BCUT2D eigenvalue weighted by Crippen LogP contribution is -2.32. The van der Waals surface area contributed by atoms with Crippen LogP contribution in [-0.4, -0.2) is 35.6 Å². The third-order valence-electron chi connectivity index (χ3n) is 4.21. The highest BCUT2D eigenvalue weighted by Gasteiger charge is 2.41. The minimum atomic E-state index is 0.681. The second-order valence-electron chi connectivity index (χ2n) is 5.22. The lowest BCUT2D eigenvalue weighted by Gasteiger charge is -2.23. The monoisotopic (exact) mass is 295 g/mol. The number of nitrogens with one attached hydrogen (secondary N) is 1. The van der Waals surface area contributed by atoms with Crippen molar-refractivity contribution in [3.63, 3.8) is 0 Å². The van der Waals surface area contributed by atoms with Gasteiger partial charge in [0, 0.05) is 29.8 Å². The molecule has 0 saturated carbocycles. The summed E-state index contributed by atoms with van der Waals surface area (Å²) in [5.41, 5.74) is 1.17. The van der Waals surface area contributed by atoms with E-state index >= 15 is 0 Å². The number of halogens is 1. The molecule has 3 rings (SSSR count). The Morgan fingerprint density at radius 2 is 2.35 bits per heavy atom. The fourth-order valence-corrected chi connectivity index (χ4v) is 3.41. The Balaban J connectivity index is 1.68. The first-order chi connectivity index (χ1) is 8.24. The van der Waals surface area contributed by atoms with Gasteiger partial charge in [-0.1, -0.05) is 0 Å². The van der Waals surface area contributed by atoms with Gasteiger partial charge < -0.3 is 5.32 Å². The van der Waals surface area contributed by atoms with Crippen LogP contribution in [0.5, 0.6) is 0 Å². The second kappa shape index (κ2) is 4.67. The molecule has 1 aromatic rings. The van der Waals surface area contributed by atoms with Gasteiger partial charge in [-0.05, 0) is 59.9 Å². The second-order valence-corrected chi connectivity index (χ2v) is 6.14. The Morgan fingerprint density at radius 1 is 1.47 bits per heavy atom. The van der Waals surface area contributed by atoms with Crippen molar-refractivity contribution in [2.75, 3.05) is 19.6 Å². The zero-order valence-corrected chi connectivity index (χ0v) is 11.7. The van der Waals surface area contributed by atoms with E-state index in [4.69, 9.17) is 0 Å². The lowest BCUT2D eigenvalue weighted by molar-refractivity contribution is 0.229. The summed E-state index contributed by atoms with van der Waals surface area (Å²) in [4.78, 5) is 7.04. The van der Waals surface area contributed by atoms with Crippen LogP contribution >= 0.6 is 15.9 Å². The zero-order chi connectivity index (χ0) is 11.8. The Hall–Kier alpha value is -0.450. The molecule has 2 aliphatic heterocycles. The number of aromatic nitrogens is 1. The summed E-state index contributed by atoms with van der Waals surface area (Å²) in [6.45, 7) is 6.95. The minimum absolute atomic E-state index is 0.681. The summed E-state index contributed by atoms with van der Waals surface area (Å²) in [6, 6.07) is 4.87. The molecule has 17 heavy (non-hydrogen) atoms. The highest BCUT2D eigenvalue weighted by Crippen LogP contribution is 2.32. The number of nitrogens with zero attached hydrogens (tertiary/aromatic N) is 2. The number of hydrogen-bond acceptors (Lipinski definition) is 3. The van der Waals surface area contributed by atoms with Gasteiger partial charge >= 0.3 is 0 Å². The maximum Gasteiger partial charge on any atom is 0.0544 e. The normalized spacial score (nSPS) is 32.9. The van der Waals surface area contributed by atoms with Crippen molar-refractivity contribution in [2.24, 2.45) is 11.8 Å². The summed E-state index contributed by atoms with van der Waals surface area (Å²) in [5, 5.41) is 3.50. The Morgan fingerprint density at radius 3 is 3.06 bits per heavy atom. The molecule has 3 unspecified atom stereocenters. The van der Waals surface area contributed by atoms with Crippen molar-refractivity contribution in [2.45, 2.75) is 19.5 Å². The van der Waals surface area contributed by atoms with Gasteiger partial charge in [0.1, 0.15) is 0 Å². The number of rotatable bonds is 2. The molecular formula is C13H18BrN3. The molecule has 3 atom stereocenters. The van der Waals surface area contributed by atoms with E-state index in [9.17, 15) is 0 Å². The van der Waals surface area contributed by atoms with Crippen LogP contribution in [0, 0.1) is 11.8 Å². The first kappa shape index (κ1) is 11.6. The molecule has 3 nitrogen and oxygen atoms in total. The van der Waals surface area contributed by atoms with Gasteiger partial charge in [-0.15, -0.1) is 0 Å². The molecule has 0 spiro atoms. The Labute approximate surface area is 111 Å². The number of pyridine rings is 1. The molecule has 0 bridgehead atoms. The van der Waals surface area contributed by atoms with Crippen molar-refractivity contribution < 1.29 is 0 Å². The smallest absolute Gasteiger partial charge is 0.0544 e. The quantitative estimate of drug-likeness (QED) is 0.903. The van der Waals surface area contributed by atoms with E-state index in [0.717, 1.165) is 22.9 Å². The van der Waals surface area contributed by atoms with Crippen LogP contribution in [0.2, 0.25) is 0 Å². The van der Waals surface area contributed by atoms with Crippen molar-refractivity contribution in [1.29, 1.82) is 0 Å². The largest absolute Gasteiger partial charge is 0.316 e. The fourth-order valence-electron chi connectivity index (χ4n) is 3.17. The van der Waals surface area contributed by atoms with Crippen molar-refractivity contribution in [3.8, 4) is 0 Å². The lowest BCUT2D eigenvalue weighted by atomic mass is 9.95. The third kappa shape index (κ3) is 2.26. The summed E-state index contributed by atoms with van der Waals surface area (Å²) in [5.74, 6) is 1.69. The van der Waals surface area contributed by atoms with Gasteiger partial charge in [0.2, 0.25) is 0 Å². The molecule has 1 aromatic heterocycles. The van der Waals surface area contributed by atoms with E-state index < -0.39 is 0 Å². The van der Waals surface area contributed by atoms with Crippen LogP contribution in [0.3, 0.4) is 0 Å². The van der Waals surface area contributed by atoms with E-state index in [1.807, 2.05) is 6.20 Å². The maximum atomic E-state index is 4.47. The van der Waals surface area contributed by atoms with Gasteiger partial charge in [0.15, 0.2) is 0 Å². The Bertz CT molecular complexity index is 392. The van der Waals surface area contributed by atoms with Crippen LogP contribution in [-0.2, 0) is 6.54 Å². The molecule has 2 fully saturated rings. The third-order valence-corrected chi connectivity index (χ3v) is 4.68. The van der Waals surface area contributed by atoms with Crippen molar-refractivity contribution in [1.82, 2.24) is 15.2 Å². The molecule has 0 radical (unpaired) electrons. The summed E-state index contributed by atoms with van der Waals surface area (Å²) in [6.07, 6.45) is 1.89. The molecular weight excluding hydrogens is 278 g/mol. The number of fused-ring (bicyclic) bond motifs is 1. The fraction of sp³-hybridized carbons (Fsp3) is 0.615. The predicted octanol–water partition coefficient (Wildman–Crippen LogP) is 1.88. The standard InChI is InChI=1S/C13H18BrN3/c1-9-13-6-15-4-10(13)7-17(9)8-12-3-2-11(14)5-16-12/h2-3,5,9-10,13,15H,4,6-8H2,1H3. The maximum absolute atomic E-state index is 4.47. The molecule has 1 N–H and O–H groups in total. The highest BCUT2D eigenvalue weighted by atomic mass is 79.9. The minimum Gasteiger partial charge on any atom is -0.316 e. The summed E-state index contributed by atoms with van der Waals surface area (Å²) >= 11 is 3.43. The zero-order valence-electron chi connectivity index (χ0n) is 10.1. The van der Waals surface area contributed by atoms with Crippen LogP contribution in [0.1, 0.15) is 12.6 Å². The van der Waals surface area contributed by atoms with Crippen molar-refractivity contribution in [3.05, 3.63) is 28.5 Å². The van der Waals surface area contributed by atoms with Gasteiger partial charge in [0.05, 0.1) is 5.69 Å². The topological polar surface area (TPSA) is 28.2 Å². The van der Waals surface area contributed by atoms with E-state index in [0.29, 0.717) is 6.04 Å². The molecule has 2 aliphatic rings. The summed E-state index contributed by atoms with van der Waals surface area (Å²) in [7, 11) is 0. The molecule has 0 aromatic carbocycles. The molecule has 0 aliphatic carbocycles. The van der Waals surface area contributed by atoms with Gasteiger partial charge in [-0.2, -0.15) is 0 Å². The van der Waals surface area contributed by atoms with E-state index in [1.165, 1.54) is 25.3 Å². The van der Waals surface area contributed by atoms with Gasteiger partial charge in [-0.3, -0.25) is 9.88 Å². The first-order valence-corrected chi connectivity index (χ1v) is 7.08. The summed E-state index contributed by atoms with van der Waals surface area (Å²) < 4.78 is 1.05. The predicted molar refractivity (Wildman–Crippen MR) is 71.7 cm³/mol. The SMILES string of the molecule is CC1C2CNCC2CN1Cc1ccc(Br)cn1. The van der Waals surface area contributed by atoms with Crippen molar-refractivity contribution >= 4 is 15.9 Å². The van der Waals surface area contributed by atoms with Crippen LogP contribution in [0.25, 0.3) is 0 Å². The van der Waals surface area contributed by atoms with Crippen LogP contribution in [0.15, 0.2) is 22.8 Å². The van der Waals surface area contributed by atoms with E-state index in [1.54, 1.807) is 0 Å². The Kier molecular flexibility index (Phi) is 3.19. The molecule has 0 amide bonds. The molecule has 2 saturated heterocycles. The molecule has 3 heterocycles. The van der Waals surface area contributed by atoms with Crippen LogP contribution in [0.4, 0.5) is 0 Å². The van der Waals surface area contributed by atoms with E-state index in [2.05, 4.69) is 50.2 Å². The van der Waals surface area contributed by atoms with Gasteiger partial charge in [-0.25, -0.2) is 0 Å². The highest BCUT2D eigenvalue weighted by molar-refractivity contribution is 9.10. The van der Waals surface area contributed by atoms with Crippen LogP contribution < -0.4 is 5.32 Å². The number of hydrogen-bond donors (Lipinski definition) is 1. The first-order valence-electron chi connectivity index (χ1n) is 6.29. The average molecular weight is 296 g/mol. The molecule has 92 valence electrons. The number of likely N-dealkylation sites (tertiary alicyclic amines) is 1. The van der Waals surface area contributed by atoms with Gasteiger partial charge in [0.25, 0.3) is 0 Å². The molecule has 4 heteroatoms. The average Bonchev–Trinajstić information content (AvgIpc) is 2.87.